The minimum atomic E-state index is -0.649. The van der Waals surface area contributed by atoms with Gasteiger partial charge in [-0.2, -0.15) is 0 Å². The highest BCUT2D eigenvalue weighted by molar-refractivity contribution is 5.66. The molecule has 0 radical (unpaired) electrons. The molecule has 8 atom stereocenters. The van der Waals surface area contributed by atoms with Crippen LogP contribution in [0.3, 0.4) is 0 Å². The number of rotatable bonds is 5. The summed E-state index contributed by atoms with van der Waals surface area (Å²) in [4.78, 5) is 11.2. The molecule has 0 saturated heterocycles. The van der Waals surface area contributed by atoms with E-state index in [9.17, 15) is 9.90 Å². The number of ether oxygens (including phenoxy) is 1. The lowest BCUT2D eigenvalue weighted by Gasteiger charge is -2.64. The average molecular weight is 431 g/mol. The van der Waals surface area contributed by atoms with E-state index < -0.39 is 5.97 Å². The van der Waals surface area contributed by atoms with E-state index in [0.29, 0.717) is 52.4 Å². The van der Waals surface area contributed by atoms with Crippen LogP contribution in [0.2, 0.25) is 0 Å². The molecule has 0 aromatic heterocycles. The maximum atomic E-state index is 11.2. The molecule has 0 spiro atoms. The Morgan fingerprint density at radius 3 is 2.45 bits per heavy atom. The third-order valence-corrected chi connectivity index (χ3v) is 11.6. The van der Waals surface area contributed by atoms with Crippen LogP contribution in [0, 0.1) is 45.3 Å². The monoisotopic (exact) mass is 430 g/mol. The summed E-state index contributed by atoms with van der Waals surface area (Å²) in [5.41, 5.74) is 2.94. The zero-order valence-corrected chi connectivity index (χ0v) is 21.1. The number of carbonyl (C=O) groups is 1. The van der Waals surface area contributed by atoms with Crippen LogP contribution in [-0.2, 0) is 9.53 Å². The highest BCUT2D eigenvalue weighted by Crippen LogP contribution is 2.73. The van der Waals surface area contributed by atoms with E-state index in [1.165, 1.54) is 44.9 Å². The predicted molar refractivity (Wildman–Crippen MR) is 126 cm³/mol. The van der Waals surface area contributed by atoms with E-state index in [-0.39, 0.29) is 5.41 Å². The van der Waals surface area contributed by atoms with Crippen LogP contribution in [0.15, 0.2) is 11.6 Å². The van der Waals surface area contributed by atoms with Gasteiger partial charge < -0.3 is 9.84 Å². The van der Waals surface area contributed by atoms with Crippen molar-refractivity contribution in [3.8, 4) is 0 Å². The van der Waals surface area contributed by atoms with Gasteiger partial charge in [-0.05, 0) is 96.7 Å². The number of methoxy groups -OCH3 is 1. The Balaban J connectivity index is 1.65. The van der Waals surface area contributed by atoms with E-state index in [1.54, 1.807) is 5.57 Å². The normalized spacial score (nSPS) is 47.0. The molecule has 0 heterocycles. The lowest BCUT2D eigenvalue weighted by atomic mass is 9.41. The average Bonchev–Trinajstić information content (AvgIpc) is 2.97. The van der Waals surface area contributed by atoms with Crippen molar-refractivity contribution in [3.05, 3.63) is 11.6 Å². The minimum Gasteiger partial charge on any atom is -0.481 e. The summed E-state index contributed by atoms with van der Waals surface area (Å²) in [7, 11) is 1.90. The zero-order chi connectivity index (χ0) is 22.8. The molecule has 0 aromatic rings. The second-order valence-corrected chi connectivity index (χ2v) is 12.9. The van der Waals surface area contributed by atoms with Gasteiger partial charge in [0.2, 0.25) is 0 Å². The first-order chi connectivity index (χ1) is 14.4. The molecule has 0 amide bonds. The first-order valence-electron chi connectivity index (χ1n) is 12.9. The molecule has 4 aliphatic carbocycles. The SMILES string of the molecule is CO[C@@H]1CC[C@]2(C)C3=CC[C@]4(C)[C@@H]([C@H](C)CCC(=O)O)CC[C@@]4(C)[C@@H]3CC[C@H]2C1(C)C. The molecule has 3 heteroatoms. The molecule has 3 saturated carbocycles. The molecule has 1 N–H and O–H groups in total. The Morgan fingerprint density at radius 1 is 1.10 bits per heavy atom. The first kappa shape index (κ1) is 23.3. The highest BCUT2D eigenvalue weighted by atomic mass is 16.5. The molecule has 0 unspecified atom stereocenters. The van der Waals surface area contributed by atoms with Gasteiger partial charge in [-0.15, -0.1) is 0 Å². The fourth-order valence-corrected chi connectivity index (χ4v) is 9.63. The van der Waals surface area contributed by atoms with Crippen molar-refractivity contribution in [2.45, 2.75) is 105 Å². The van der Waals surface area contributed by atoms with Gasteiger partial charge in [-0.3, -0.25) is 4.79 Å². The van der Waals surface area contributed by atoms with Crippen LogP contribution in [0.4, 0.5) is 0 Å². The van der Waals surface area contributed by atoms with Crippen molar-refractivity contribution in [3.63, 3.8) is 0 Å². The van der Waals surface area contributed by atoms with Crippen molar-refractivity contribution in [1.29, 1.82) is 0 Å². The summed E-state index contributed by atoms with van der Waals surface area (Å²) >= 11 is 0. The minimum absolute atomic E-state index is 0.221. The molecular weight excluding hydrogens is 384 g/mol. The fourth-order valence-electron chi connectivity index (χ4n) is 9.63. The smallest absolute Gasteiger partial charge is 0.303 e. The summed E-state index contributed by atoms with van der Waals surface area (Å²) in [5, 5.41) is 9.21. The van der Waals surface area contributed by atoms with Gasteiger partial charge in [0.25, 0.3) is 0 Å². The molecular formula is C28H46O3. The maximum absolute atomic E-state index is 11.2. The van der Waals surface area contributed by atoms with Crippen molar-refractivity contribution in [2.24, 2.45) is 45.3 Å². The number of aliphatic carboxylic acids is 1. The second-order valence-electron chi connectivity index (χ2n) is 12.9. The Labute approximate surface area is 190 Å². The molecule has 0 bridgehead atoms. The molecule has 3 fully saturated rings. The topological polar surface area (TPSA) is 46.5 Å². The Morgan fingerprint density at radius 2 is 1.81 bits per heavy atom. The summed E-state index contributed by atoms with van der Waals surface area (Å²) in [6, 6.07) is 0. The van der Waals surface area contributed by atoms with Crippen LogP contribution in [0.25, 0.3) is 0 Å². The third kappa shape index (κ3) is 3.19. The van der Waals surface area contributed by atoms with Gasteiger partial charge in [-0.25, -0.2) is 0 Å². The number of hydrogen-bond donors (Lipinski definition) is 1. The molecule has 4 rings (SSSR count). The molecule has 176 valence electrons. The van der Waals surface area contributed by atoms with Gasteiger partial charge in [0.05, 0.1) is 6.10 Å². The number of hydrogen-bond acceptors (Lipinski definition) is 2. The van der Waals surface area contributed by atoms with Crippen molar-refractivity contribution in [2.75, 3.05) is 7.11 Å². The molecule has 0 aromatic carbocycles. The van der Waals surface area contributed by atoms with E-state index in [2.05, 4.69) is 47.6 Å². The fraction of sp³-hybridized carbons (Fsp3) is 0.893. The second kappa shape index (κ2) is 7.61. The third-order valence-electron chi connectivity index (χ3n) is 11.6. The lowest BCUT2D eigenvalue weighted by Crippen LogP contribution is -2.58. The summed E-state index contributed by atoms with van der Waals surface area (Å²) in [5.74, 6) is 1.87. The standard InChI is InChI=1S/C28H46O3/c1-18(8-11-24(29)30)19-12-16-28(6)21-9-10-22-25(2,3)23(31-7)14-15-26(22,4)20(21)13-17-27(19,28)5/h13,18-19,21-23H,8-12,14-17H2,1-7H3,(H,29,30)/t18-,19-,21-,22+,23-,26-,27-,28+/m1/s1. The van der Waals surface area contributed by atoms with Gasteiger partial charge in [-0.1, -0.05) is 53.2 Å². The van der Waals surface area contributed by atoms with Gasteiger partial charge in [0.1, 0.15) is 0 Å². The quantitative estimate of drug-likeness (QED) is 0.473. The van der Waals surface area contributed by atoms with Crippen molar-refractivity contribution in [1.82, 2.24) is 0 Å². The van der Waals surface area contributed by atoms with E-state index in [1.807, 2.05) is 7.11 Å². The van der Waals surface area contributed by atoms with E-state index in [0.717, 1.165) is 6.42 Å². The van der Waals surface area contributed by atoms with Gasteiger partial charge >= 0.3 is 5.97 Å². The molecule has 4 aliphatic rings. The summed E-state index contributed by atoms with van der Waals surface area (Å²) in [6.45, 7) is 15.0. The predicted octanol–water partition coefficient (Wildman–Crippen LogP) is 7.11. The summed E-state index contributed by atoms with van der Waals surface area (Å²) < 4.78 is 5.96. The van der Waals surface area contributed by atoms with Crippen molar-refractivity contribution < 1.29 is 14.6 Å². The Bertz CT molecular complexity index is 753. The van der Waals surface area contributed by atoms with Crippen LogP contribution in [0.5, 0.6) is 0 Å². The molecule has 31 heavy (non-hydrogen) atoms. The lowest BCUT2D eigenvalue weighted by molar-refractivity contribution is -0.137. The Hall–Kier alpha value is -0.830. The van der Waals surface area contributed by atoms with Crippen LogP contribution in [0.1, 0.15) is 99.3 Å². The number of carboxylic acid groups (broad SMARTS) is 1. The largest absolute Gasteiger partial charge is 0.481 e. The van der Waals surface area contributed by atoms with Crippen LogP contribution >= 0.6 is 0 Å². The molecule has 3 nitrogen and oxygen atoms in total. The Kier molecular flexibility index (Phi) is 5.72. The summed E-state index contributed by atoms with van der Waals surface area (Å²) in [6.07, 6.45) is 13.0. The van der Waals surface area contributed by atoms with Gasteiger partial charge in [0, 0.05) is 13.5 Å². The number of carboxylic acids is 1. The van der Waals surface area contributed by atoms with E-state index >= 15 is 0 Å². The van der Waals surface area contributed by atoms with Crippen molar-refractivity contribution >= 4 is 5.97 Å². The first-order valence-corrected chi connectivity index (χ1v) is 12.9. The highest BCUT2D eigenvalue weighted by Gasteiger charge is 2.65. The zero-order valence-electron chi connectivity index (χ0n) is 21.1. The van der Waals surface area contributed by atoms with Crippen LogP contribution < -0.4 is 0 Å². The maximum Gasteiger partial charge on any atom is 0.303 e. The van der Waals surface area contributed by atoms with Crippen LogP contribution in [-0.4, -0.2) is 24.3 Å². The van der Waals surface area contributed by atoms with E-state index in [4.69, 9.17) is 4.74 Å². The number of fused-ring (bicyclic) bond motifs is 5. The molecule has 0 aliphatic heterocycles. The van der Waals surface area contributed by atoms with Gasteiger partial charge in [0.15, 0.2) is 0 Å². The number of allylic oxidation sites excluding steroid dienone is 2.